The van der Waals surface area contributed by atoms with Crippen LogP contribution >= 0.6 is 0 Å². The van der Waals surface area contributed by atoms with Crippen molar-refractivity contribution in [1.82, 2.24) is 0 Å². The molecule has 0 aromatic heterocycles. The van der Waals surface area contributed by atoms with Gasteiger partial charge in [-0.15, -0.1) is 0 Å². The Bertz CT molecular complexity index is 800. The summed E-state index contributed by atoms with van der Waals surface area (Å²) >= 11 is 0. The van der Waals surface area contributed by atoms with Crippen molar-refractivity contribution < 1.29 is 19.1 Å². The molecule has 128 valence electrons. The maximum atomic E-state index is 12.3. The SMILES string of the molecule is Cc1ccccc1N1C[C@H](C(=O)OCC(=O)c2ccccc2)CC1=O. The number of hydrogen-bond donors (Lipinski definition) is 0. The molecule has 0 aliphatic carbocycles. The molecule has 5 heteroatoms. The molecule has 0 bridgehead atoms. The molecule has 5 nitrogen and oxygen atoms in total. The molecule has 1 atom stereocenters. The molecule has 1 amide bonds. The zero-order valence-electron chi connectivity index (χ0n) is 14.0. The van der Waals surface area contributed by atoms with Crippen molar-refractivity contribution >= 4 is 23.3 Å². The first-order valence-corrected chi connectivity index (χ1v) is 8.17. The number of Topliss-reactive ketones (excluding diaryl/α,β-unsaturated/α-hetero) is 1. The van der Waals surface area contributed by atoms with Crippen LogP contribution in [-0.2, 0) is 14.3 Å². The minimum atomic E-state index is -0.546. The van der Waals surface area contributed by atoms with E-state index in [-0.39, 0.29) is 31.3 Å². The van der Waals surface area contributed by atoms with Crippen LogP contribution in [0.2, 0.25) is 0 Å². The Morgan fingerprint density at radius 1 is 1.08 bits per heavy atom. The predicted molar refractivity (Wildman–Crippen MR) is 93.4 cm³/mol. The second-order valence-electron chi connectivity index (χ2n) is 6.09. The molecule has 2 aromatic carbocycles. The van der Waals surface area contributed by atoms with Crippen LogP contribution < -0.4 is 4.90 Å². The van der Waals surface area contributed by atoms with Crippen LogP contribution in [0.5, 0.6) is 0 Å². The van der Waals surface area contributed by atoms with Gasteiger partial charge >= 0.3 is 5.97 Å². The summed E-state index contributed by atoms with van der Waals surface area (Å²) in [4.78, 5) is 38.1. The highest BCUT2D eigenvalue weighted by atomic mass is 16.5. The second-order valence-corrected chi connectivity index (χ2v) is 6.09. The number of anilines is 1. The maximum absolute atomic E-state index is 12.3. The van der Waals surface area contributed by atoms with Crippen molar-refractivity contribution in [3.05, 3.63) is 65.7 Å². The quantitative estimate of drug-likeness (QED) is 0.622. The Kier molecular flexibility index (Phi) is 4.93. The van der Waals surface area contributed by atoms with Gasteiger partial charge in [-0.2, -0.15) is 0 Å². The molecule has 0 spiro atoms. The Balaban J connectivity index is 1.60. The fraction of sp³-hybridized carbons (Fsp3) is 0.250. The molecular formula is C20H19NO4. The first-order chi connectivity index (χ1) is 12.1. The molecule has 1 fully saturated rings. The van der Waals surface area contributed by atoms with Gasteiger partial charge in [0.1, 0.15) is 0 Å². The third-order valence-corrected chi connectivity index (χ3v) is 4.31. The Labute approximate surface area is 146 Å². The predicted octanol–water partition coefficient (Wildman–Crippen LogP) is 2.77. The van der Waals surface area contributed by atoms with Crippen molar-refractivity contribution in [2.45, 2.75) is 13.3 Å². The summed E-state index contributed by atoms with van der Waals surface area (Å²) in [6, 6.07) is 16.2. The zero-order valence-corrected chi connectivity index (χ0v) is 14.0. The van der Waals surface area contributed by atoms with E-state index >= 15 is 0 Å². The minimum absolute atomic E-state index is 0.104. The van der Waals surface area contributed by atoms with Gasteiger partial charge in [0.05, 0.1) is 5.92 Å². The average molecular weight is 337 g/mol. The van der Waals surface area contributed by atoms with Gasteiger partial charge in [0, 0.05) is 24.2 Å². The zero-order chi connectivity index (χ0) is 17.8. The monoisotopic (exact) mass is 337 g/mol. The van der Waals surface area contributed by atoms with Crippen molar-refractivity contribution in [2.24, 2.45) is 5.92 Å². The summed E-state index contributed by atoms with van der Waals surface area (Å²) in [5.41, 5.74) is 2.28. The first kappa shape index (κ1) is 16.9. The van der Waals surface area contributed by atoms with Gasteiger partial charge < -0.3 is 9.64 Å². The molecule has 3 rings (SSSR count). The number of carbonyl (C=O) groups excluding carboxylic acids is 3. The minimum Gasteiger partial charge on any atom is -0.457 e. The summed E-state index contributed by atoms with van der Waals surface area (Å²) in [6.07, 6.45) is 0.104. The second kappa shape index (κ2) is 7.30. The number of ether oxygens (including phenoxy) is 1. The van der Waals surface area contributed by atoms with Gasteiger partial charge in [0.25, 0.3) is 0 Å². The van der Waals surface area contributed by atoms with E-state index in [1.165, 1.54) is 0 Å². The summed E-state index contributed by atoms with van der Waals surface area (Å²) in [7, 11) is 0. The number of esters is 1. The van der Waals surface area contributed by atoms with Gasteiger partial charge in [-0.25, -0.2) is 0 Å². The lowest BCUT2D eigenvalue weighted by Crippen LogP contribution is -2.27. The third-order valence-electron chi connectivity index (χ3n) is 4.31. The average Bonchev–Trinajstić information content (AvgIpc) is 3.02. The topological polar surface area (TPSA) is 63.7 Å². The molecule has 0 radical (unpaired) electrons. The number of carbonyl (C=O) groups is 3. The number of nitrogens with zero attached hydrogens (tertiary/aromatic N) is 1. The van der Waals surface area contributed by atoms with Crippen molar-refractivity contribution in [2.75, 3.05) is 18.1 Å². The smallest absolute Gasteiger partial charge is 0.311 e. The van der Waals surface area contributed by atoms with E-state index in [4.69, 9.17) is 4.74 Å². The van der Waals surface area contributed by atoms with Crippen molar-refractivity contribution in [3.63, 3.8) is 0 Å². The highest BCUT2D eigenvalue weighted by molar-refractivity contribution is 6.01. The van der Waals surface area contributed by atoms with Crippen LogP contribution in [0.4, 0.5) is 5.69 Å². The fourth-order valence-corrected chi connectivity index (χ4v) is 2.93. The number of benzene rings is 2. The summed E-state index contributed by atoms with van der Waals surface area (Å²) in [5.74, 6) is -1.41. The third kappa shape index (κ3) is 3.76. The van der Waals surface area contributed by atoms with Crippen LogP contribution in [0.25, 0.3) is 0 Å². The number of amides is 1. The Morgan fingerprint density at radius 3 is 2.48 bits per heavy atom. The lowest BCUT2D eigenvalue weighted by Gasteiger charge is -2.18. The Morgan fingerprint density at radius 2 is 1.76 bits per heavy atom. The van der Waals surface area contributed by atoms with E-state index in [9.17, 15) is 14.4 Å². The van der Waals surface area contributed by atoms with E-state index in [2.05, 4.69) is 0 Å². The summed E-state index contributed by atoms with van der Waals surface area (Å²) in [6.45, 7) is 1.90. The van der Waals surface area contributed by atoms with E-state index in [1.807, 2.05) is 37.3 Å². The van der Waals surface area contributed by atoms with Crippen LogP contribution in [0.3, 0.4) is 0 Å². The summed E-state index contributed by atoms with van der Waals surface area (Å²) in [5, 5.41) is 0. The lowest BCUT2D eigenvalue weighted by atomic mass is 10.1. The molecule has 2 aromatic rings. The number of rotatable bonds is 5. The highest BCUT2D eigenvalue weighted by Gasteiger charge is 2.36. The normalized spacial score (nSPS) is 16.8. The van der Waals surface area contributed by atoms with Gasteiger partial charge in [-0.05, 0) is 18.6 Å². The van der Waals surface area contributed by atoms with Crippen LogP contribution in [0, 0.1) is 12.8 Å². The highest BCUT2D eigenvalue weighted by Crippen LogP contribution is 2.28. The molecule has 0 unspecified atom stereocenters. The van der Waals surface area contributed by atoms with Gasteiger partial charge in [-0.1, -0.05) is 48.5 Å². The molecule has 25 heavy (non-hydrogen) atoms. The fourth-order valence-electron chi connectivity index (χ4n) is 2.93. The Hall–Kier alpha value is -2.95. The van der Waals surface area contributed by atoms with Crippen LogP contribution in [0.1, 0.15) is 22.3 Å². The summed E-state index contributed by atoms with van der Waals surface area (Å²) < 4.78 is 5.14. The molecular weight excluding hydrogens is 318 g/mol. The largest absolute Gasteiger partial charge is 0.457 e. The number of para-hydroxylation sites is 1. The maximum Gasteiger partial charge on any atom is 0.311 e. The van der Waals surface area contributed by atoms with Crippen molar-refractivity contribution in [3.8, 4) is 0 Å². The molecule has 1 saturated heterocycles. The molecule has 1 heterocycles. The molecule has 1 aliphatic heterocycles. The van der Waals surface area contributed by atoms with E-state index in [0.29, 0.717) is 5.56 Å². The van der Waals surface area contributed by atoms with Gasteiger partial charge in [0.15, 0.2) is 12.4 Å². The van der Waals surface area contributed by atoms with Gasteiger partial charge in [-0.3, -0.25) is 14.4 Å². The van der Waals surface area contributed by atoms with Crippen LogP contribution in [-0.4, -0.2) is 30.8 Å². The standard InChI is InChI=1S/C20H19NO4/c1-14-7-5-6-10-17(14)21-12-16(11-19(21)23)20(24)25-13-18(22)15-8-3-2-4-9-15/h2-10,16H,11-13H2,1H3/t16-/m1/s1. The van der Waals surface area contributed by atoms with E-state index in [1.54, 1.807) is 29.2 Å². The van der Waals surface area contributed by atoms with E-state index in [0.717, 1.165) is 11.3 Å². The molecule has 0 N–H and O–H groups in total. The first-order valence-electron chi connectivity index (χ1n) is 8.17. The van der Waals surface area contributed by atoms with Crippen LogP contribution in [0.15, 0.2) is 54.6 Å². The molecule has 0 saturated carbocycles. The van der Waals surface area contributed by atoms with Crippen molar-refractivity contribution in [1.29, 1.82) is 0 Å². The molecule has 1 aliphatic rings. The van der Waals surface area contributed by atoms with Gasteiger partial charge in [0.2, 0.25) is 5.91 Å². The lowest BCUT2D eigenvalue weighted by molar-refractivity contribution is -0.147. The number of aryl methyl sites for hydroxylation is 1. The van der Waals surface area contributed by atoms with E-state index < -0.39 is 11.9 Å². The number of ketones is 1. The number of hydrogen-bond acceptors (Lipinski definition) is 4.